The average molecular weight is 450 g/mol. The molecule has 0 saturated heterocycles. The first-order valence-electron chi connectivity index (χ1n) is 10.2. The lowest BCUT2D eigenvalue weighted by Gasteiger charge is -2.11. The molecule has 9 heteroatoms. The van der Waals surface area contributed by atoms with E-state index in [1.54, 1.807) is 41.1 Å². The van der Waals surface area contributed by atoms with Crippen LogP contribution in [0.5, 0.6) is 17.4 Å². The third kappa shape index (κ3) is 4.57. The number of methoxy groups -OCH3 is 2. The molecule has 0 aliphatic rings. The highest BCUT2D eigenvalue weighted by Gasteiger charge is 2.16. The fourth-order valence-corrected chi connectivity index (χ4v) is 3.59. The van der Waals surface area contributed by atoms with Crippen molar-refractivity contribution < 1.29 is 23.4 Å². The summed E-state index contributed by atoms with van der Waals surface area (Å²) in [4.78, 5) is 17.0. The summed E-state index contributed by atoms with van der Waals surface area (Å²) in [6.07, 6.45) is 0. The predicted octanol–water partition coefficient (Wildman–Crippen LogP) is 4.21. The zero-order valence-electron chi connectivity index (χ0n) is 18.7. The Balaban J connectivity index is 1.54. The number of carbonyl (C=O) groups excluding carboxylic acids is 1. The largest absolute Gasteiger partial charge is 0.493 e. The van der Waals surface area contributed by atoms with Gasteiger partial charge in [-0.05, 0) is 49.7 Å². The van der Waals surface area contributed by atoms with Crippen LogP contribution in [0.3, 0.4) is 0 Å². The van der Waals surface area contributed by atoms with Crippen molar-refractivity contribution in [3.63, 3.8) is 0 Å². The van der Waals surface area contributed by atoms with Gasteiger partial charge in [-0.1, -0.05) is 6.07 Å². The number of aryl methyl sites for hydroxylation is 2. The SMILES string of the molecule is COc1ccc(NC(=O)COc2cc(C)c3c(C)nn(-c4cccc(F)c4)c3n2)cc1OC. The lowest BCUT2D eigenvalue weighted by Crippen LogP contribution is -2.20. The summed E-state index contributed by atoms with van der Waals surface area (Å²) in [6, 6.07) is 12.9. The number of benzene rings is 2. The Hall–Kier alpha value is -4.14. The van der Waals surface area contributed by atoms with Gasteiger partial charge in [0, 0.05) is 23.2 Å². The number of pyridine rings is 1. The van der Waals surface area contributed by atoms with Gasteiger partial charge in [-0.3, -0.25) is 4.79 Å². The van der Waals surface area contributed by atoms with Crippen molar-refractivity contribution in [3.8, 4) is 23.1 Å². The Morgan fingerprint density at radius 3 is 2.58 bits per heavy atom. The van der Waals surface area contributed by atoms with E-state index in [9.17, 15) is 9.18 Å². The molecule has 2 aromatic heterocycles. The Morgan fingerprint density at radius 2 is 1.85 bits per heavy atom. The summed E-state index contributed by atoms with van der Waals surface area (Å²) >= 11 is 0. The minimum absolute atomic E-state index is 0.251. The molecule has 1 amide bonds. The van der Waals surface area contributed by atoms with Crippen LogP contribution in [0.4, 0.5) is 10.1 Å². The number of carbonyl (C=O) groups is 1. The monoisotopic (exact) mass is 450 g/mol. The summed E-state index contributed by atoms with van der Waals surface area (Å²) in [7, 11) is 3.06. The van der Waals surface area contributed by atoms with Gasteiger partial charge in [0.25, 0.3) is 5.91 Å². The van der Waals surface area contributed by atoms with Crippen molar-refractivity contribution in [1.29, 1.82) is 0 Å². The van der Waals surface area contributed by atoms with Crippen LogP contribution in [0.2, 0.25) is 0 Å². The Kier molecular flexibility index (Phi) is 6.12. The highest BCUT2D eigenvalue weighted by atomic mass is 19.1. The van der Waals surface area contributed by atoms with Crippen LogP contribution in [0.1, 0.15) is 11.3 Å². The number of amides is 1. The molecular formula is C24H23FN4O4. The number of rotatable bonds is 7. The molecule has 8 nitrogen and oxygen atoms in total. The second kappa shape index (κ2) is 9.15. The normalized spacial score (nSPS) is 10.8. The molecule has 4 aromatic rings. The molecule has 170 valence electrons. The maximum Gasteiger partial charge on any atom is 0.262 e. The molecule has 33 heavy (non-hydrogen) atoms. The minimum Gasteiger partial charge on any atom is -0.493 e. The van der Waals surface area contributed by atoms with Crippen LogP contribution in [-0.2, 0) is 4.79 Å². The Bertz CT molecular complexity index is 1340. The summed E-state index contributed by atoms with van der Waals surface area (Å²) in [5.41, 5.74) is 3.25. The smallest absolute Gasteiger partial charge is 0.262 e. The van der Waals surface area contributed by atoms with E-state index in [1.165, 1.54) is 26.4 Å². The number of halogens is 1. The molecule has 0 bridgehead atoms. The van der Waals surface area contributed by atoms with Crippen LogP contribution >= 0.6 is 0 Å². The first-order valence-corrected chi connectivity index (χ1v) is 10.2. The van der Waals surface area contributed by atoms with E-state index in [2.05, 4.69) is 15.4 Å². The first-order chi connectivity index (χ1) is 15.9. The molecule has 4 rings (SSSR count). The molecule has 0 radical (unpaired) electrons. The number of nitrogens with zero attached hydrogens (tertiary/aromatic N) is 3. The van der Waals surface area contributed by atoms with Gasteiger partial charge < -0.3 is 19.5 Å². The van der Waals surface area contributed by atoms with Crippen LogP contribution in [0.25, 0.3) is 16.7 Å². The van der Waals surface area contributed by atoms with Crippen molar-refractivity contribution in [3.05, 3.63) is 65.6 Å². The van der Waals surface area contributed by atoms with E-state index in [0.717, 1.165) is 16.6 Å². The molecule has 0 saturated carbocycles. The van der Waals surface area contributed by atoms with Crippen molar-refractivity contribution in [2.75, 3.05) is 26.1 Å². The summed E-state index contributed by atoms with van der Waals surface area (Å²) in [5, 5.41) is 8.11. The molecule has 1 N–H and O–H groups in total. The van der Waals surface area contributed by atoms with E-state index in [-0.39, 0.29) is 24.2 Å². The molecule has 0 aliphatic carbocycles. The number of fused-ring (bicyclic) bond motifs is 1. The Labute approximate surface area is 189 Å². The van der Waals surface area contributed by atoms with Gasteiger partial charge in [0.15, 0.2) is 23.8 Å². The lowest BCUT2D eigenvalue weighted by atomic mass is 10.2. The molecule has 0 aliphatic heterocycles. The second-order valence-corrected chi connectivity index (χ2v) is 7.36. The minimum atomic E-state index is -0.371. The van der Waals surface area contributed by atoms with Gasteiger partial charge in [-0.2, -0.15) is 10.1 Å². The van der Waals surface area contributed by atoms with E-state index >= 15 is 0 Å². The van der Waals surface area contributed by atoms with Crippen LogP contribution in [0.15, 0.2) is 48.5 Å². The molecule has 2 aromatic carbocycles. The lowest BCUT2D eigenvalue weighted by molar-refractivity contribution is -0.118. The van der Waals surface area contributed by atoms with Crippen molar-refractivity contribution in [2.24, 2.45) is 0 Å². The van der Waals surface area contributed by atoms with E-state index in [1.807, 2.05) is 13.8 Å². The third-order valence-corrected chi connectivity index (χ3v) is 5.06. The van der Waals surface area contributed by atoms with Crippen molar-refractivity contribution in [2.45, 2.75) is 13.8 Å². The van der Waals surface area contributed by atoms with Crippen molar-refractivity contribution in [1.82, 2.24) is 14.8 Å². The van der Waals surface area contributed by atoms with Crippen LogP contribution in [-0.4, -0.2) is 41.5 Å². The van der Waals surface area contributed by atoms with Gasteiger partial charge in [-0.25, -0.2) is 9.07 Å². The standard InChI is InChI=1S/C24H23FN4O4/c1-14-10-22(33-13-21(30)26-17-8-9-19(31-3)20(12-17)32-4)27-24-23(14)15(2)28-29(24)18-7-5-6-16(25)11-18/h5-12H,13H2,1-4H3,(H,26,30). The highest BCUT2D eigenvalue weighted by molar-refractivity contribution is 5.92. The number of aromatic nitrogens is 3. The number of anilines is 1. The second-order valence-electron chi connectivity index (χ2n) is 7.36. The molecule has 0 atom stereocenters. The third-order valence-electron chi connectivity index (χ3n) is 5.06. The topological polar surface area (TPSA) is 87.5 Å². The highest BCUT2D eigenvalue weighted by Crippen LogP contribution is 2.30. The summed E-state index contributed by atoms with van der Waals surface area (Å²) < 4.78 is 31.4. The van der Waals surface area contributed by atoms with Crippen molar-refractivity contribution >= 4 is 22.6 Å². The molecule has 0 unspecified atom stereocenters. The van der Waals surface area contributed by atoms with E-state index < -0.39 is 0 Å². The number of hydrogen-bond acceptors (Lipinski definition) is 6. The number of ether oxygens (including phenoxy) is 3. The molecule has 0 fully saturated rings. The average Bonchev–Trinajstić information content (AvgIpc) is 3.14. The van der Waals surface area contributed by atoms with Crippen LogP contribution in [0, 0.1) is 19.7 Å². The first kappa shape index (κ1) is 22.1. The fourth-order valence-electron chi connectivity index (χ4n) is 3.59. The summed E-state index contributed by atoms with van der Waals surface area (Å²) in [6.45, 7) is 3.52. The molecule has 2 heterocycles. The van der Waals surface area contributed by atoms with Gasteiger partial charge in [0.05, 0.1) is 25.6 Å². The quantitative estimate of drug-likeness (QED) is 0.454. The fraction of sp³-hybridized carbons (Fsp3) is 0.208. The summed E-state index contributed by atoms with van der Waals surface area (Å²) in [5.74, 6) is 0.589. The molecule has 0 spiro atoms. The maximum absolute atomic E-state index is 13.8. The maximum atomic E-state index is 13.8. The van der Waals surface area contributed by atoms with Crippen LogP contribution < -0.4 is 19.5 Å². The zero-order valence-corrected chi connectivity index (χ0v) is 18.7. The number of nitrogens with one attached hydrogen (secondary N) is 1. The van der Waals surface area contributed by atoms with Gasteiger partial charge >= 0.3 is 0 Å². The van der Waals surface area contributed by atoms with Gasteiger partial charge in [0.1, 0.15) is 5.82 Å². The van der Waals surface area contributed by atoms with E-state index in [4.69, 9.17) is 14.2 Å². The molecular weight excluding hydrogens is 427 g/mol. The van der Waals surface area contributed by atoms with E-state index in [0.29, 0.717) is 28.5 Å². The Morgan fingerprint density at radius 1 is 1.06 bits per heavy atom. The van der Waals surface area contributed by atoms with Gasteiger partial charge in [0.2, 0.25) is 5.88 Å². The van der Waals surface area contributed by atoms with Gasteiger partial charge in [-0.15, -0.1) is 0 Å². The zero-order chi connectivity index (χ0) is 23.5. The number of hydrogen-bond donors (Lipinski definition) is 1. The predicted molar refractivity (Wildman–Crippen MR) is 122 cm³/mol.